The van der Waals surface area contributed by atoms with E-state index in [1.165, 1.54) is 116 Å². The highest BCUT2D eigenvalue weighted by molar-refractivity contribution is 4.76. The Morgan fingerprint density at radius 3 is 1.73 bits per heavy atom. The number of rotatable bonds is 13. The Hall–Kier alpha value is -0.0400. The lowest BCUT2D eigenvalue weighted by Gasteiger charge is -2.32. The van der Waals surface area contributed by atoms with Crippen molar-refractivity contribution in [3.05, 3.63) is 0 Å². The molecule has 1 nitrogen and oxygen atoms in total. The Morgan fingerprint density at radius 1 is 0.538 bits per heavy atom. The second kappa shape index (κ2) is 14.0. The van der Waals surface area contributed by atoms with Crippen LogP contribution in [0, 0.1) is 17.8 Å². The molecule has 154 valence electrons. The van der Waals surface area contributed by atoms with E-state index in [1.807, 2.05) is 0 Å². The Morgan fingerprint density at radius 2 is 1.08 bits per heavy atom. The van der Waals surface area contributed by atoms with Gasteiger partial charge in [0.1, 0.15) is 0 Å². The minimum atomic E-state index is 0.591. The third-order valence-corrected chi connectivity index (χ3v) is 7.24. The molecule has 2 fully saturated rings. The number of hydrogen-bond acceptors (Lipinski definition) is 1. The molecule has 0 heterocycles. The quantitative estimate of drug-likeness (QED) is 0.298. The van der Waals surface area contributed by atoms with Gasteiger partial charge in [-0.05, 0) is 56.3 Å². The Labute approximate surface area is 165 Å². The third-order valence-electron chi connectivity index (χ3n) is 7.24. The maximum atomic E-state index is 6.35. The van der Waals surface area contributed by atoms with E-state index >= 15 is 0 Å². The number of ether oxygens (including phenoxy) is 1. The highest BCUT2D eigenvalue weighted by Gasteiger charge is 2.24. The predicted octanol–water partition coefficient (Wildman–Crippen LogP) is 8.31. The van der Waals surface area contributed by atoms with Crippen molar-refractivity contribution in [2.45, 2.75) is 136 Å². The topological polar surface area (TPSA) is 9.23 Å². The third kappa shape index (κ3) is 9.25. The van der Waals surface area contributed by atoms with Crippen LogP contribution in [0.15, 0.2) is 0 Å². The molecule has 0 N–H and O–H groups in total. The Kier molecular flexibility index (Phi) is 12.0. The summed E-state index contributed by atoms with van der Waals surface area (Å²) < 4.78 is 6.35. The van der Waals surface area contributed by atoms with Crippen LogP contribution in [0.1, 0.15) is 129 Å². The lowest BCUT2D eigenvalue weighted by molar-refractivity contribution is -0.0104. The SMILES string of the molecule is CCCCCCCCCC1CCC(OCC2CCC(CCC)CC2)CC1. The van der Waals surface area contributed by atoms with Gasteiger partial charge in [-0.25, -0.2) is 0 Å². The molecule has 0 saturated heterocycles. The van der Waals surface area contributed by atoms with Crippen LogP contribution >= 0.6 is 0 Å². The van der Waals surface area contributed by atoms with Crippen molar-refractivity contribution < 1.29 is 4.74 Å². The fourth-order valence-corrected chi connectivity index (χ4v) is 5.34. The standard InChI is InChI=1S/C25H48O/c1-3-5-6-7-8-9-10-12-23-17-19-25(20-18-23)26-21-24-15-13-22(11-4-2)14-16-24/h22-25H,3-21H2,1-2H3. The molecule has 0 aromatic carbocycles. The van der Waals surface area contributed by atoms with Gasteiger partial charge in [0.15, 0.2) is 0 Å². The molecule has 0 atom stereocenters. The first kappa shape index (κ1) is 22.3. The molecular weight excluding hydrogens is 316 g/mol. The summed E-state index contributed by atoms with van der Waals surface area (Å²) in [5, 5.41) is 0. The number of hydrogen-bond donors (Lipinski definition) is 0. The smallest absolute Gasteiger partial charge is 0.0575 e. The van der Waals surface area contributed by atoms with Gasteiger partial charge in [-0.15, -0.1) is 0 Å². The molecule has 2 aliphatic carbocycles. The predicted molar refractivity (Wildman–Crippen MR) is 115 cm³/mol. The molecule has 0 radical (unpaired) electrons. The summed E-state index contributed by atoms with van der Waals surface area (Å²) in [5.74, 6) is 2.90. The van der Waals surface area contributed by atoms with E-state index in [-0.39, 0.29) is 0 Å². The van der Waals surface area contributed by atoms with Crippen LogP contribution in [-0.2, 0) is 4.74 Å². The fourth-order valence-electron chi connectivity index (χ4n) is 5.34. The van der Waals surface area contributed by atoms with E-state index in [2.05, 4.69) is 13.8 Å². The van der Waals surface area contributed by atoms with E-state index < -0.39 is 0 Å². The monoisotopic (exact) mass is 364 g/mol. The summed E-state index contributed by atoms with van der Waals surface area (Å²) in [6, 6.07) is 0. The lowest BCUT2D eigenvalue weighted by atomic mass is 9.80. The summed E-state index contributed by atoms with van der Waals surface area (Å²) >= 11 is 0. The Balaban J connectivity index is 1.44. The first-order chi connectivity index (χ1) is 12.8. The van der Waals surface area contributed by atoms with Gasteiger partial charge < -0.3 is 4.74 Å². The average molecular weight is 365 g/mol. The maximum absolute atomic E-state index is 6.35. The summed E-state index contributed by atoms with van der Waals surface area (Å²) in [6.07, 6.45) is 26.4. The molecule has 0 bridgehead atoms. The van der Waals surface area contributed by atoms with Gasteiger partial charge in [0.2, 0.25) is 0 Å². The summed E-state index contributed by atoms with van der Waals surface area (Å²) in [6.45, 7) is 5.70. The van der Waals surface area contributed by atoms with Crippen molar-refractivity contribution in [1.29, 1.82) is 0 Å². The molecule has 0 amide bonds. The van der Waals surface area contributed by atoms with Crippen LogP contribution in [0.3, 0.4) is 0 Å². The van der Waals surface area contributed by atoms with E-state index in [0.29, 0.717) is 6.10 Å². The van der Waals surface area contributed by atoms with Gasteiger partial charge in [0.05, 0.1) is 6.10 Å². The van der Waals surface area contributed by atoms with Crippen molar-refractivity contribution in [3.8, 4) is 0 Å². The molecule has 2 saturated carbocycles. The van der Waals surface area contributed by atoms with Crippen LogP contribution in [0.2, 0.25) is 0 Å². The van der Waals surface area contributed by atoms with Gasteiger partial charge in [0.25, 0.3) is 0 Å². The van der Waals surface area contributed by atoms with Crippen molar-refractivity contribution in [3.63, 3.8) is 0 Å². The zero-order valence-corrected chi connectivity index (χ0v) is 18.2. The van der Waals surface area contributed by atoms with Crippen molar-refractivity contribution >= 4 is 0 Å². The fraction of sp³-hybridized carbons (Fsp3) is 1.00. The van der Waals surface area contributed by atoms with Crippen molar-refractivity contribution in [2.24, 2.45) is 17.8 Å². The molecule has 0 aliphatic heterocycles. The molecule has 0 spiro atoms. The minimum absolute atomic E-state index is 0.591. The van der Waals surface area contributed by atoms with E-state index in [4.69, 9.17) is 4.74 Å². The summed E-state index contributed by atoms with van der Waals surface area (Å²) in [5.41, 5.74) is 0. The molecule has 0 aromatic rings. The van der Waals surface area contributed by atoms with Gasteiger partial charge in [-0.1, -0.05) is 90.9 Å². The first-order valence-electron chi connectivity index (χ1n) is 12.4. The van der Waals surface area contributed by atoms with E-state index in [1.54, 1.807) is 0 Å². The molecule has 0 unspecified atom stereocenters. The largest absolute Gasteiger partial charge is 0.378 e. The van der Waals surface area contributed by atoms with Crippen LogP contribution in [-0.4, -0.2) is 12.7 Å². The molecule has 26 heavy (non-hydrogen) atoms. The van der Waals surface area contributed by atoms with Crippen molar-refractivity contribution in [2.75, 3.05) is 6.61 Å². The Bertz CT molecular complexity index is 310. The highest BCUT2D eigenvalue weighted by atomic mass is 16.5. The van der Waals surface area contributed by atoms with Gasteiger partial charge in [-0.3, -0.25) is 0 Å². The second-order valence-electron chi connectivity index (χ2n) is 9.56. The summed E-state index contributed by atoms with van der Waals surface area (Å²) in [4.78, 5) is 0. The van der Waals surface area contributed by atoms with Gasteiger partial charge in [-0.2, -0.15) is 0 Å². The van der Waals surface area contributed by atoms with Crippen molar-refractivity contribution in [1.82, 2.24) is 0 Å². The van der Waals surface area contributed by atoms with Gasteiger partial charge in [0, 0.05) is 6.61 Å². The van der Waals surface area contributed by atoms with Crippen LogP contribution in [0.4, 0.5) is 0 Å². The number of unbranched alkanes of at least 4 members (excludes halogenated alkanes) is 6. The molecule has 0 aromatic heterocycles. The first-order valence-corrected chi connectivity index (χ1v) is 12.4. The summed E-state index contributed by atoms with van der Waals surface area (Å²) in [7, 11) is 0. The van der Waals surface area contributed by atoms with E-state index in [9.17, 15) is 0 Å². The lowest BCUT2D eigenvalue weighted by Crippen LogP contribution is -2.26. The van der Waals surface area contributed by atoms with Crippen LogP contribution in [0.25, 0.3) is 0 Å². The zero-order valence-electron chi connectivity index (χ0n) is 18.2. The molecule has 2 aliphatic rings. The molecular formula is C25H48O. The zero-order chi connectivity index (χ0) is 18.5. The van der Waals surface area contributed by atoms with Gasteiger partial charge >= 0.3 is 0 Å². The maximum Gasteiger partial charge on any atom is 0.0575 e. The molecule has 2 rings (SSSR count). The van der Waals surface area contributed by atoms with E-state index in [0.717, 1.165) is 24.4 Å². The second-order valence-corrected chi connectivity index (χ2v) is 9.56. The average Bonchev–Trinajstić information content (AvgIpc) is 2.68. The molecule has 1 heteroatoms. The van der Waals surface area contributed by atoms with Crippen LogP contribution < -0.4 is 0 Å². The van der Waals surface area contributed by atoms with Crippen LogP contribution in [0.5, 0.6) is 0 Å². The minimum Gasteiger partial charge on any atom is -0.378 e. The highest BCUT2D eigenvalue weighted by Crippen LogP contribution is 2.34. The normalized spacial score (nSPS) is 29.8.